The van der Waals surface area contributed by atoms with E-state index in [2.05, 4.69) is 20.8 Å². The predicted octanol–water partition coefficient (Wildman–Crippen LogP) is 2.88. The van der Waals surface area contributed by atoms with Crippen molar-refractivity contribution < 1.29 is 9.53 Å². The molecule has 1 aromatic rings. The van der Waals surface area contributed by atoms with Crippen molar-refractivity contribution in [3.63, 3.8) is 0 Å². The number of hydrogen-bond acceptors (Lipinski definition) is 3. The Labute approximate surface area is 110 Å². The molecule has 0 N–H and O–H groups in total. The zero-order valence-electron chi connectivity index (χ0n) is 9.86. The van der Waals surface area contributed by atoms with Crippen LogP contribution in [0.3, 0.4) is 0 Å². The maximum absolute atomic E-state index is 10.7. The van der Waals surface area contributed by atoms with E-state index < -0.39 is 0 Å². The molecule has 3 nitrogen and oxygen atoms in total. The number of ether oxygens (including phenoxy) is 1. The fraction of sp³-hybridized carbons (Fsp3) is 0.462. The van der Waals surface area contributed by atoms with Crippen LogP contribution in [0.4, 0.5) is 5.69 Å². The van der Waals surface area contributed by atoms with Gasteiger partial charge in [0, 0.05) is 35.9 Å². The second-order valence-electron chi connectivity index (χ2n) is 4.25. The number of benzene rings is 1. The molecule has 1 aliphatic heterocycles. The van der Waals surface area contributed by atoms with E-state index in [0.29, 0.717) is 11.7 Å². The molecule has 0 radical (unpaired) electrons. The number of anilines is 1. The number of carbonyl (C=O) groups excluding carboxylic acids is 1. The maximum atomic E-state index is 10.7. The van der Waals surface area contributed by atoms with Gasteiger partial charge in [0.15, 0.2) is 6.29 Å². The molecule has 0 aliphatic carbocycles. The molecule has 92 valence electrons. The van der Waals surface area contributed by atoms with Crippen LogP contribution < -0.4 is 4.90 Å². The molecule has 0 unspecified atom stereocenters. The molecular formula is C13H16BrNO2. The Balaban J connectivity index is 2.08. The second kappa shape index (κ2) is 5.65. The lowest BCUT2D eigenvalue weighted by atomic mass is 10.1. The molecule has 1 aromatic carbocycles. The van der Waals surface area contributed by atoms with Crippen LogP contribution in [0.15, 0.2) is 22.7 Å². The number of nitrogens with zero attached hydrogens (tertiary/aromatic N) is 1. The number of hydrogen-bond donors (Lipinski definition) is 0. The molecule has 1 fully saturated rings. The lowest BCUT2D eigenvalue weighted by Gasteiger charge is -2.33. The highest BCUT2D eigenvalue weighted by atomic mass is 79.9. The highest BCUT2D eigenvalue weighted by Gasteiger charge is 2.19. The summed E-state index contributed by atoms with van der Waals surface area (Å²) in [6.45, 7) is 2.01. The van der Waals surface area contributed by atoms with E-state index in [9.17, 15) is 4.79 Å². The molecule has 0 aromatic heterocycles. The predicted molar refractivity (Wildman–Crippen MR) is 71.8 cm³/mol. The van der Waals surface area contributed by atoms with Gasteiger partial charge >= 0.3 is 0 Å². The van der Waals surface area contributed by atoms with E-state index in [1.54, 1.807) is 7.11 Å². The zero-order valence-corrected chi connectivity index (χ0v) is 11.4. The Kier molecular flexibility index (Phi) is 4.18. The van der Waals surface area contributed by atoms with Gasteiger partial charge in [0.1, 0.15) is 0 Å². The molecule has 0 saturated carbocycles. The highest BCUT2D eigenvalue weighted by Crippen LogP contribution is 2.26. The monoisotopic (exact) mass is 297 g/mol. The third-order valence-corrected chi connectivity index (χ3v) is 3.94. The SMILES string of the molecule is COC1CCN(c2ccc(C=O)c(Br)c2)CC1. The second-order valence-corrected chi connectivity index (χ2v) is 5.10. The molecular weight excluding hydrogens is 282 g/mol. The number of piperidine rings is 1. The molecule has 1 aliphatic rings. The van der Waals surface area contributed by atoms with Gasteiger partial charge in [-0.2, -0.15) is 0 Å². The van der Waals surface area contributed by atoms with Crippen LogP contribution in [0.2, 0.25) is 0 Å². The topological polar surface area (TPSA) is 29.5 Å². The summed E-state index contributed by atoms with van der Waals surface area (Å²) in [7, 11) is 1.77. The van der Waals surface area contributed by atoms with Crippen LogP contribution in [0.5, 0.6) is 0 Å². The van der Waals surface area contributed by atoms with Crippen molar-refractivity contribution in [2.75, 3.05) is 25.1 Å². The maximum Gasteiger partial charge on any atom is 0.151 e. The third kappa shape index (κ3) is 2.87. The molecule has 1 saturated heterocycles. The van der Waals surface area contributed by atoms with Crippen molar-refractivity contribution in [1.29, 1.82) is 0 Å². The van der Waals surface area contributed by atoms with Gasteiger partial charge in [0.25, 0.3) is 0 Å². The molecule has 1 heterocycles. The van der Waals surface area contributed by atoms with Crippen LogP contribution in [0.1, 0.15) is 23.2 Å². The molecule has 4 heteroatoms. The minimum atomic E-state index is 0.393. The van der Waals surface area contributed by atoms with E-state index in [-0.39, 0.29) is 0 Å². The van der Waals surface area contributed by atoms with E-state index in [0.717, 1.165) is 42.4 Å². The molecule has 17 heavy (non-hydrogen) atoms. The van der Waals surface area contributed by atoms with Crippen LogP contribution in [0, 0.1) is 0 Å². The van der Waals surface area contributed by atoms with Crippen molar-refractivity contribution in [2.45, 2.75) is 18.9 Å². The largest absolute Gasteiger partial charge is 0.381 e. The van der Waals surface area contributed by atoms with Gasteiger partial charge in [-0.25, -0.2) is 0 Å². The Morgan fingerprint density at radius 2 is 2.12 bits per heavy atom. The van der Waals surface area contributed by atoms with Crippen molar-refractivity contribution in [3.05, 3.63) is 28.2 Å². The summed E-state index contributed by atoms with van der Waals surface area (Å²) < 4.78 is 6.21. The van der Waals surface area contributed by atoms with Gasteiger partial charge in [0.05, 0.1) is 6.10 Å². The first-order chi connectivity index (χ1) is 8.24. The number of carbonyl (C=O) groups is 1. The Bertz CT molecular complexity index is 400. The summed E-state index contributed by atoms with van der Waals surface area (Å²) in [5, 5.41) is 0. The smallest absolute Gasteiger partial charge is 0.151 e. The molecule has 0 atom stereocenters. The molecule has 0 spiro atoms. The van der Waals surface area contributed by atoms with Crippen LogP contribution in [0.25, 0.3) is 0 Å². The van der Waals surface area contributed by atoms with Crippen LogP contribution in [-0.2, 0) is 4.74 Å². The van der Waals surface area contributed by atoms with Gasteiger partial charge in [-0.05, 0) is 47.0 Å². The summed E-state index contributed by atoms with van der Waals surface area (Å²) in [6, 6.07) is 5.87. The van der Waals surface area contributed by atoms with Crippen LogP contribution in [-0.4, -0.2) is 32.6 Å². The lowest BCUT2D eigenvalue weighted by molar-refractivity contribution is 0.0819. The van der Waals surface area contributed by atoms with Gasteiger partial charge in [-0.1, -0.05) is 0 Å². The number of halogens is 1. The summed E-state index contributed by atoms with van der Waals surface area (Å²) >= 11 is 3.42. The quantitative estimate of drug-likeness (QED) is 0.804. The number of methoxy groups -OCH3 is 1. The minimum absolute atomic E-state index is 0.393. The molecule has 0 bridgehead atoms. The average molecular weight is 298 g/mol. The average Bonchev–Trinajstić information content (AvgIpc) is 2.39. The first kappa shape index (κ1) is 12.6. The normalized spacial score (nSPS) is 17.2. The summed E-state index contributed by atoms with van der Waals surface area (Å²) in [6.07, 6.45) is 3.38. The minimum Gasteiger partial charge on any atom is -0.381 e. The van der Waals surface area contributed by atoms with Crippen molar-refractivity contribution in [2.24, 2.45) is 0 Å². The first-order valence-corrected chi connectivity index (χ1v) is 6.56. The number of aldehydes is 1. The summed E-state index contributed by atoms with van der Waals surface area (Å²) in [5.41, 5.74) is 1.86. The highest BCUT2D eigenvalue weighted by molar-refractivity contribution is 9.10. The van der Waals surface area contributed by atoms with Gasteiger partial charge in [0.2, 0.25) is 0 Å². The summed E-state index contributed by atoms with van der Waals surface area (Å²) in [4.78, 5) is 13.1. The van der Waals surface area contributed by atoms with E-state index in [4.69, 9.17) is 4.74 Å². The van der Waals surface area contributed by atoms with Crippen molar-refractivity contribution in [3.8, 4) is 0 Å². The summed E-state index contributed by atoms with van der Waals surface area (Å²) in [5.74, 6) is 0. The Hall–Kier alpha value is -0.870. The van der Waals surface area contributed by atoms with Gasteiger partial charge < -0.3 is 9.64 Å². The van der Waals surface area contributed by atoms with Crippen LogP contribution >= 0.6 is 15.9 Å². The standard InChI is InChI=1S/C13H16BrNO2/c1-17-12-4-6-15(7-5-12)11-3-2-10(9-16)13(14)8-11/h2-3,8-9,12H,4-7H2,1H3. The van der Waals surface area contributed by atoms with Crippen molar-refractivity contribution in [1.82, 2.24) is 0 Å². The fourth-order valence-electron chi connectivity index (χ4n) is 2.16. The fourth-order valence-corrected chi connectivity index (χ4v) is 2.62. The zero-order chi connectivity index (χ0) is 12.3. The lowest BCUT2D eigenvalue weighted by Crippen LogP contribution is -2.36. The third-order valence-electron chi connectivity index (χ3n) is 3.25. The Morgan fingerprint density at radius 3 is 2.65 bits per heavy atom. The van der Waals surface area contributed by atoms with Gasteiger partial charge in [-0.3, -0.25) is 4.79 Å². The van der Waals surface area contributed by atoms with E-state index in [1.807, 2.05) is 18.2 Å². The van der Waals surface area contributed by atoms with E-state index in [1.165, 1.54) is 0 Å². The molecule has 0 amide bonds. The van der Waals surface area contributed by atoms with Gasteiger partial charge in [-0.15, -0.1) is 0 Å². The Morgan fingerprint density at radius 1 is 1.41 bits per heavy atom. The molecule has 2 rings (SSSR count). The van der Waals surface area contributed by atoms with E-state index >= 15 is 0 Å². The number of rotatable bonds is 3. The van der Waals surface area contributed by atoms with Crippen molar-refractivity contribution >= 4 is 27.9 Å². The first-order valence-electron chi connectivity index (χ1n) is 5.77.